The average Bonchev–Trinajstić information content (AvgIpc) is 2.21. The van der Waals surface area contributed by atoms with Crippen LogP contribution in [-0.2, 0) is 19.0 Å². The highest BCUT2D eigenvalue weighted by Gasteiger charge is 2.21. The summed E-state index contributed by atoms with van der Waals surface area (Å²) in [7, 11) is 1.64. The first kappa shape index (κ1) is 15.3. The molecule has 0 amide bonds. The van der Waals surface area contributed by atoms with E-state index in [9.17, 15) is 4.79 Å². The van der Waals surface area contributed by atoms with E-state index in [1.807, 2.05) is 13.8 Å². The lowest BCUT2D eigenvalue weighted by Crippen LogP contribution is -2.30. The third kappa shape index (κ3) is 7.62. The van der Waals surface area contributed by atoms with Crippen LogP contribution < -0.4 is 0 Å². The molecule has 1 unspecified atom stereocenters. The number of rotatable bonds is 10. The van der Waals surface area contributed by atoms with Crippen molar-refractivity contribution in [2.24, 2.45) is 5.92 Å². The molecule has 0 saturated carbocycles. The van der Waals surface area contributed by atoms with Gasteiger partial charge in [-0.2, -0.15) is 0 Å². The summed E-state index contributed by atoms with van der Waals surface area (Å²) >= 11 is 0. The summed E-state index contributed by atoms with van der Waals surface area (Å²) in [5.41, 5.74) is 0. The third-order valence-electron chi connectivity index (χ3n) is 2.01. The Bertz CT molecular complexity index is 181. The van der Waals surface area contributed by atoms with E-state index in [1.165, 1.54) is 0 Å². The predicted molar refractivity (Wildman–Crippen MR) is 59.5 cm³/mol. The van der Waals surface area contributed by atoms with Crippen molar-refractivity contribution in [3.05, 3.63) is 0 Å². The quantitative estimate of drug-likeness (QED) is 0.575. The fraction of sp³-hybridized carbons (Fsp3) is 0.909. The Balaban J connectivity index is 3.45. The summed E-state index contributed by atoms with van der Waals surface area (Å²) in [5, 5.41) is 8.83. The molecule has 5 nitrogen and oxygen atoms in total. The lowest BCUT2D eigenvalue weighted by Gasteiger charge is -2.16. The van der Waals surface area contributed by atoms with Crippen LogP contribution in [0.1, 0.15) is 20.3 Å². The maximum Gasteiger partial charge on any atom is 0.333 e. The van der Waals surface area contributed by atoms with Gasteiger partial charge in [-0.15, -0.1) is 0 Å². The van der Waals surface area contributed by atoms with E-state index in [0.29, 0.717) is 26.4 Å². The van der Waals surface area contributed by atoms with Crippen molar-refractivity contribution >= 4 is 5.97 Å². The van der Waals surface area contributed by atoms with E-state index in [0.717, 1.165) is 6.42 Å². The highest BCUT2D eigenvalue weighted by molar-refractivity contribution is 5.72. The van der Waals surface area contributed by atoms with Gasteiger partial charge in [0.1, 0.15) is 0 Å². The molecule has 0 aliphatic heterocycles. The number of ether oxygens (including phenoxy) is 3. The standard InChI is InChI=1S/C11H22O5/c1-9(2)10(11(12)13)16-8-7-15-6-4-5-14-3/h9-10H,4-8H2,1-3H3,(H,12,13). The van der Waals surface area contributed by atoms with Crippen LogP contribution in [0.2, 0.25) is 0 Å². The van der Waals surface area contributed by atoms with Crippen molar-refractivity contribution in [3.63, 3.8) is 0 Å². The Kier molecular flexibility index (Phi) is 9.18. The zero-order valence-electron chi connectivity index (χ0n) is 10.3. The van der Waals surface area contributed by atoms with E-state index in [2.05, 4.69) is 0 Å². The maximum absolute atomic E-state index is 10.8. The van der Waals surface area contributed by atoms with Crippen molar-refractivity contribution in [2.75, 3.05) is 33.5 Å². The van der Waals surface area contributed by atoms with Gasteiger partial charge in [0.15, 0.2) is 6.10 Å². The highest BCUT2D eigenvalue weighted by Crippen LogP contribution is 2.06. The van der Waals surface area contributed by atoms with Gasteiger partial charge >= 0.3 is 5.97 Å². The molecule has 0 aliphatic rings. The van der Waals surface area contributed by atoms with Crippen LogP contribution in [0.15, 0.2) is 0 Å². The van der Waals surface area contributed by atoms with E-state index < -0.39 is 12.1 Å². The molecule has 0 bridgehead atoms. The van der Waals surface area contributed by atoms with Gasteiger partial charge in [0.25, 0.3) is 0 Å². The van der Waals surface area contributed by atoms with Gasteiger partial charge < -0.3 is 19.3 Å². The SMILES string of the molecule is COCCCOCCOC(C(=O)O)C(C)C. The lowest BCUT2D eigenvalue weighted by molar-refractivity contribution is -0.154. The summed E-state index contributed by atoms with van der Waals surface area (Å²) < 4.78 is 15.3. The Morgan fingerprint density at radius 3 is 2.38 bits per heavy atom. The third-order valence-corrected chi connectivity index (χ3v) is 2.01. The van der Waals surface area contributed by atoms with Crippen molar-refractivity contribution < 1.29 is 24.1 Å². The summed E-state index contributed by atoms with van der Waals surface area (Å²) in [6.07, 6.45) is 0.0887. The molecule has 0 saturated heterocycles. The molecule has 0 aliphatic carbocycles. The number of methoxy groups -OCH3 is 1. The van der Waals surface area contributed by atoms with Crippen LogP contribution in [-0.4, -0.2) is 50.7 Å². The van der Waals surface area contributed by atoms with E-state index in [4.69, 9.17) is 19.3 Å². The van der Waals surface area contributed by atoms with E-state index in [1.54, 1.807) is 7.11 Å². The zero-order chi connectivity index (χ0) is 12.4. The Hall–Kier alpha value is -0.650. The number of hydrogen-bond donors (Lipinski definition) is 1. The number of carboxylic acid groups (broad SMARTS) is 1. The molecule has 96 valence electrons. The van der Waals surface area contributed by atoms with Gasteiger partial charge in [-0.05, 0) is 12.3 Å². The Morgan fingerprint density at radius 2 is 1.88 bits per heavy atom. The van der Waals surface area contributed by atoms with Gasteiger partial charge in [0, 0.05) is 20.3 Å². The normalized spacial score (nSPS) is 13.0. The Labute approximate surface area is 96.7 Å². The topological polar surface area (TPSA) is 65.0 Å². The van der Waals surface area contributed by atoms with Crippen LogP contribution in [0.4, 0.5) is 0 Å². The number of hydrogen-bond acceptors (Lipinski definition) is 4. The first-order valence-corrected chi connectivity index (χ1v) is 5.50. The monoisotopic (exact) mass is 234 g/mol. The molecular weight excluding hydrogens is 212 g/mol. The minimum Gasteiger partial charge on any atom is -0.479 e. The van der Waals surface area contributed by atoms with Crippen LogP contribution in [0, 0.1) is 5.92 Å². The molecule has 0 spiro atoms. The molecule has 16 heavy (non-hydrogen) atoms. The molecule has 0 aromatic rings. The molecule has 0 aromatic carbocycles. The lowest BCUT2D eigenvalue weighted by atomic mass is 10.1. The summed E-state index contributed by atoms with van der Waals surface area (Å²) in [6, 6.07) is 0. The molecule has 5 heteroatoms. The predicted octanol–water partition coefficient (Wildman–Crippen LogP) is 1.17. The molecule has 1 N–H and O–H groups in total. The molecule has 0 fully saturated rings. The number of carbonyl (C=O) groups is 1. The van der Waals surface area contributed by atoms with Crippen molar-refractivity contribution in [1.29, 1.82) is 0 Å². The minimum absolute atomic E-state index is 0.0361. The summed E-state index contributed by atoms with van der Waals surface area (Å²) in [5.74, 6) is -0.958. The van der Waals surface area contributed by atoms with Crippen LogP contribution in [0.3, 0.4) is 0 Å². The van der Waals surface area contributed by atoms with Crippen LogP contribution >= 0.6 is 0 Å². The van der Waals surface area contributed by atoms with Gasteiger partial charge in [0.2, 0.25) is 0 Å². The molecule has 0 heterocycles. The van der Waals surface area contributed by atoms with Gasteiger partial charge in [-0.1, -0.05) is 13.8 Å². The van der Waals surface area contributed by atoms with Crippen molar-refractivity contribution in [1.82, 2.24) is 0 Å². The van der Waals surface area contributed by atoms with Gasteiger partial charge in [0.05, 0.1) is 13.2 Å². The fourth-order valence-electron chi connectivity index (χ4n) is 1.19. The second-order valence-corrected chi connectivity index (χ2v) is 3.83. The van der Waals surface area contributed by atoms with E-state index >= 15 is 0 Å². The van der Waals surface area contributed by atoms with Gasteiger partial charge in [-0.3, -0.25) is 0 Å². The number of carboxylic acids is 1. The summed E-state index contributed by atoms with van der Waals surface area (Å²) in [6.45, 7) is 5.64. The van der Waals surface area contributed by atoms with E-state index in [-0.39, 0.29) is 5.92 Å². The maximum atomic E-state index is 10.8. The largest absolute Gasteiger partial charge is 0.479 e. The second kappa shape index (κ2) is 9.57. The first-order valence-electron chi connectivity index (χ1n) is 5.50. The smallest absolute Gasteiger partial charge is 0.333 e. The first-order chi connectivity index (χ1) is 7.59. The second-order valence-electron chi connectivity index (χ2n) is 3.83. The van der Waals surface area contributed by atoms with Gasteiger partial charge in [-0.25, -0.2) is 4.79 Å². The fourth-order valence-corrected chi connectivity index (χ4v) is 1.19. The molecule has 0 radical (unpaired) electrons. The molecule has 1 atom stereocenters. The average molecular weight is 234 g/mol. The van der Waals surface area contributed by atoms with Crippen LogP contribution in [0.25, 0.3) is 0 Å². The minimum atomic E-state index is -0.922. The van der Waals surface area contributed by atoms with Crippen LogP contribution in [0.5, 0.6) is 0 Å². The van der Waals surface area contributed by atoms with Crippen molar-refractivity contribution in [2.45, 2.75) is 26.4 Å². The molecule has 0 rings (SSSR count). The highest BCUT2D eigenvalue weighted by atomic mass is 16.5. The van der Waals surface area contributed by atoms with Crippen molar-refractivity contribution in [3.8, 4) is 0 Å². The molecular formula is C11H22O5. The molecule has 0 aromatic heterocycles. The summed E-state index contributed by atoms with van der Waals surface area (Å²) in [4.78, 5) is 10.8. The Morgan fingerprint density at radius 1 is 1.19 bits per heavy atom. The zero-order valence-corrected chi connectivity index (χ0v) is 10.3. The number of aliphatic carboxylic acids is 1.